The van der Waals surface area contributed by atoms with E-state index in [1.807, 2.05) is 6.07 Å². The fourth-order valence-electron chi connectivity index (χ4n) is 2.69. The van der Waals surface area contributed by atoms with Crippen molar-refractivity contribution in [3.8, 4) is 5.75 Å². The highest BCUT2D eigenvalue weighted by atomic mass is 79.9. The predicted molar refractivity (Wildman–Crippen MR) is 82.3 cm³/mol. The molecule has 1 atom stereocenters. The summed E-state index contributed by atoms with van der Waals surface area (Å²) < 4.78 is 6.27. The van der Waals surface area contributed by atoms with E-state index in [-0.39, 0.29) is 5.41 Å². The first kappa shape index (κ1) is 14.8. The molecule has 1 fully saturated rings. The first-order valence-corrected chi connectivity index (χ1v) is 7.52. The number of halogens is 1. The van der Waals surface area contributed by atoms with Crippen LogP contribution in [0.2, 0.25) is 0 Å². The van der Waals surface area contributed by atoms with Crippen LogP contribution < -0.4 is 10.5 Å². The number of ether oxygens (including phenoxy) is 1. The van der Waals surface area contributed by atoms with E-state index in [4.69, 9.17) is 10.5 Å². The van der Waals surface area contributed by atoms with Gasteiger partial charge >= 0.3 is 0 Å². The van der Waals surface area contributed by atoms with E-state index in [1.165, 1.54) is 5.56 Å². The number of nitrogens with zero attached hydrogens (tertiary/aromatic N) is 1. The molecule has 0 saturated carbocycles. The van der Waals surface area contributed by atoms with Gasteiger partial charge in [-0.25, -0.2) is 0 Å². The zero-order valence-electron chi connectivity index (χ0n) is 11.9. The largest absolute Gasteiger partial charge is 0.496 e. The Kier molecular flexibility index (Phi) is 4.54. The third kappa shape index (κ3) is 3.50. The maximum atomic E-state index is 6.18. The zero-order valence-corrected chi connectivity index (χ0v) is 13.5. The Balaban J connectivity index is 2.04. The molecule has 0 spiro atoms. The highest BCUT2D eigenvalue weighted by Crippen LogP contribution is 2.30. The summed E-state index contributed by atoms with van der Waals surface area (Å²) in [5.41, 5.74) is 7.68. The standard InChI is InChI=1S/C15H23BrN2O/c1-15(2)10-18(7-6-14(15)17)9-11-4-5-13(19-3)12(16)8-11/h4-5,8,14H,6-7,9-10,17H2,1-3H3. The summed E-state index contributed by atoms with van der Waals surface area (Å²) >= 11 is 3.54. The molecule has 1 saturated heterocycles. The molecule has 1 unspecified atom stereocenters. The van der Waals surface area contributed by atoms with Gasteiger partial charge in [0.2, 0.25) is 0 Å². The summed E-state index contributed by atoms with van der Waals surface area (Å²) in [6, 6.07) is 6.59. The second kappa shape index (κ2) is 5.81. The molecule has 1 aromatic rings. The third-order valence-corrected chi connectivity index (χ3v) is 4.63. The topological polar surface area (TPSA) is 38.5 Å². The summed E-state index contributed by atoms with van der Waals surface area (Å²) in [6.45, 7) is 7.62. The Morgan fingerprint density at radius 1 is 1.47 bits per heavy atom. The van der Waals surface area contributed by atoms with Crippen molar-refractivity contribution < 1.29 is 4.74 Å². The Morgan fingerprint density at radius 3 is 2.79 bits per heavy atom. The van der Waals surface area contributed by atoms with Crippen LogP contribution in [0.5, 0.6) is 5.75 Å². The van der Waals surface area contributed by atoms with Gasteiger partial charge in [-0.1, -0.05) is 19.9 Å². The van der Waals surface area contributed by atoms with Crippen molar-refractivity contribution in [1.82, 2.24) is 4.90 Å². The van der Waals surface area contributed by atoms with Gasteiger partial charge in [-0.15, -0.1) is 0 Å². The fraction of sp³-hybridized carbons (Fsp3) is 0.600. The van der Waals surface area contributed by atoms with Crippen LogP contribution >= 0.6 is 15.9 Å². The van der Waals surface area contributed by atoms with Crippen LogP contribution in [-0.2, 0) is 6.54 Å². The van der Waals surface area contributed by atoms with Gasteiger partial charge in [0, 0.05) is 25.7 Å². The molecule has 0 aromatic heterocycles. The Hall–Kier alpha value is -0.580. The molecular weight excluding hydrogens is 304 g/mol. The molecule has 1 aliphatic rings. The molecule has 0 aliphatic carbocycles. The lowest BCUT2D eigenvalue weighted by atomic mass is 9.79. The van der Waals surface area contributed by atoms with Crippen LogP contribution in [0.1, 0.15) is 25.8 Å². The van der Waals surface area contributed by atoms with Gasteiger partial charge in [0.1, 0.15) is 5.75 Å². The third-order valence-electron chi connectivity index (χ3n) is 4.01. The zero-order chi connectivity index (χ0) is 14.0. The summed E-state index contributed by atoms with van der Waals surface area (Å²) in [6.07, 6.45) is 1.07. The average Bonchev–Trinajstić information content (AvgIpc) is 2.34. The Bertz CT molecular complexity index is 448. The number of likely N-dealkylation sites (tertiary alicyclic amines) is 1. The minimum atomic E-state index is 0.196. The van der Waals surface area contributed by atoms with Gasteiger partial charge in [0.15, 0.2) is 0 Å². The molecule has 2 rings (SSSR count). The quantitative estimate of drug-likeness (QED) is 0.927. The molecule has 19 heavy (non-hydrogen) atoms. The molecular formula is C15H23BrN2O. The summed E-state index contributed by atoms with van der Waals surface area (Å²) in [7, 11) is 1.69. The van der Waals surface area contributed by atoms with E-state index in [1.54, 1.807) is 7.11 Å². The number of hydrogen-bond acceptors (Lipinski definition) is 3. The minimum Gasteiger partial charge on any atom is -0.496 e. The lowest BCUT2D eigenvalue weighted by Gasteiger charge is -2.42. The number of hydrogen-bond donors (Lipinski definition) is 1. The van der Waals surface area contributed by atoms with Crippen LogP contribution in [-0.4, -0.2) is 31.1 Å². The van der Waals surface area contributed by atoms with Crippen molar-refractivity contribution in [3.63, 3.8) is 0 Å². The number of methoxy groups -OCH3 is 1. The van der Waals surface area contributed by atoms with Crippen LogP contribution in [0.4, 0.5) is 0 Å². The molecule has 2 N–H and O–H groups in total. The highest BCUT2D eigenvalue weighted by Gasteiger charge is 2.33. The number of piperidine rings is 1. The number of nitrogens with two attached hydrogens (primary N) is 1. The average molecular weight is 327 g/mol. The summed E-state index contributed by atoms with van der Waals surface area (Å²) in [4.78, 5) is 2.48. The SMILES string of the molecule is COc1ccc(CN2CCC(N)C(C)(C)C2)cc1Br. The Labute approximate surface area is 124 Å². The summed E-state index contributed by atoms with van der Waals surface area (Å²) in [5, 5.41) is 0. The first-order chi connectivity index (χ1) is 8.92. The molecule has 0 amide bonds. The van der Waals surface area contributed by atoms with Gasteiger partial charge in [0.05, 0.1) is 11.6 Å². The molecule has 0 radical (unpaired) electrons. The van der Waals surface area contributed by atoms with Crippen molar-refractivity contribution in [1.29, 1.82) is 0 Å². The van der Waals surface area contributed by atoms with Crippen LogP contribution in [0.3, 0.4) is 0 Å². The van der Waals surface area contributed by atoms with Gasteiger partial charge in [-0.2, -0.15) is 0 Å². The highest BCUT2D eigenvalue weighted by molar-refractivity contribution is 9.10. The van der Waals surface area contributed by atoms with Crippen molar-refractivity contribution in [3.05, 3.63) is 28.2 Å². The monoisotopic (exact) mass is 326 g/mol. The smallest absolute Gasteiger partial charge is 0.133 e. The van der Waals surface area contributed by atoms with Gasteiger partial charge < -0.3 is 10.5 Å². The van der Waals surface area contributed by atoms with E-state index in [0.29, 0.717) is 6.04 Å². The van der Waals surface area contributed by atoms with E-state index in [2.05, 4.69) is 46.8 Å². The van der Waals surface area contributed by atoms with E-state index in [0.717, 1.165) is 36.3 Å². The van der Waals surface area contributed by atoms with E-state index < -0.39 is 0 Å². The molecule has 3 nitrogen and oxygen atoms in total. The normalized spacial score (nSPS) is 23.3. The maximum Gasteiger partial charge on any atom is 0.133 e. The van der Waals surface area contributed by atoms with Crippen molar-refractivity contribution in [2.75, 3.05) is 20.2 Å². The molecule has 106 valence electrons. The number of benzene rings is 1. The van der Waals surface area contributed by atoms with Crippen molar-refractivity contribution in [2.45, 2.75) is 32.9 Å². The molecule has 1 heterocycles. The molecule has 4 heteroatoms. The maximum absolute atomic E-state index is 6.18. The predicted octanol–water partition coefficient (Wildman–Crippen LogP) is 3.02. The van der Waals surface area contributed by atoms with Gasteiger partial charge in [-0.3, -0.25) is 4.90 Å². The van der Waals surface area contributed by atoms with E-state index >= 15 is 0 Å². The summed E-state index contributed by atoms with van der Waals surface area (Å²) in [5.74, 6) is 0.879. The fourth-order valence-corrected chi connectivity index (χ4v) is 3.27. The van der Waals surface area contributed by atoms with Crippen LogP contribution in [0.15, 0.2) is 22.7 Å². The second-order valence-corrected chi connectivity index (χ2v) is 6.92. The van der Waals surface area contributed by atoms with Crippen molar-refractivity contribution in [2.24, 2.45) is 11.1 Å². The van der Waals surface area contributed by atoms with Crippen LogP contribution in [0, 0.1) is 5.41 Å². The first-order valence-electron chi connectivity index (χ1n) is 6.73. The van der Waals surface area contributed by atoms with Gasteiger partial charge in [-0.05, 0) is 45.5 Å². The molecule has 1 aliphatic heterocycles. The minimum absolute atomic E-state index is 0.196. The lowest BCUT2D eigenvalue weighted by Crippen LogP contribution is -2.52. The van der Waals surface area contributed by atoms with Crippen molar-refractivity contribution >= 4 is 15.9 Å². The Morgan fingerprint density at radius 2 is 2.21 bits per heavy atom. The molecule has 1 aromatic carbocycles. The van der Waals surface area contributed by atoms with Crippen LogP contribution in [0.25, 0.3) is 0 Å². The van der Waals surface area contributed by atoms with E-state index in [9.17, 15) is 0 Å². The lowest BCUT2D eigenvalue weighted by molar-refractivity contribution is 0.0898. The second-order valence-electron chi connectivity index (χ2n) is 6.06. The molecule has 0 bridgehead atoms. The van der Waals surface area contributed by atoms with Gasteiger partial charge in [0.25, 0.3) is 0 Å². The number of rotatable bonds is 3.